The molecule has 3 aliphatic rings. The number of alkyl halides is 3. The maximum Gasteiger partial charge on any atom is 0.490 e. The van der Waals surface area contributed by atoms with E-state index in [1.807, 2.05) is 12.3 Å². The van der Waals surface area contributed by atoms with Gasteiger partial charge in [0, 0.05) is 30.3 Å². The molecule has 0 radical (unpaired) electrons. The van der Waals surface area contributed by atoms with Gasteiger partial charge in [0.05, 0.1) is 17.6 Å². The van der Waals surface area contributed by atoms with E-state index in [4.69, 9.17) is 14.9 Å². The number of nitrogens with zero attached hydrogens (tertiary/aromatic N) is 2. The van der Waals surface area contributed by atoms with Gasteiger partial charge in [-0.05, 0) is 24.5 Å². The van der Waals surface area contributed by atoms with E-state index >= 15 is 0 Å². The molecular formula is C22H25F3N4O3. The summed E-state index contributed by atoms with van der Waals surface area (Å²) in [6.45, 7) is 5.18. The molecule has 1 aromatic rings. The predicted molar refractivity (Wildman–Crippen MR) is 113 cm³/mol. The fraction of sp³-hybridized carbons (Fsp3) is 0.409. The summed E-state index contributed by atoms with van der Waals surface area (Å²) in [6.07, 6.45) is 1.14. The second-order valence-electron chi connectivity index (χ2n) is 7.91. The molecule has 1 saturated heterocycles. The number of carboxylic acid groups (broad SMARTS) is 1. The molecule has 7 nitrogen and oxygen atoms in total. The topological polar surface area (TPSA) is 94.0 Å². The van der Waals surface area contributed by atoms with Gasteiger partial charge < -0.3 is 20.6 Å². The minimum Gasteiger partial charge on any atom is -0.475 e. The van der Waals surface area contributed by atoms with Crippen molar-refractivity contribution in [2.45, 2.75) is 58.0 Å². The van der Waals surface area contributed by atoms with Crippen LogP contribution >= 0.6 is 0 Å². The van der Waals surface area contributed by atoms with Gasteiger partial charge in [0.25, 0.3) is 0 Å². The molecule has 10 heteroatoms. The highest BCUT2D eigenvalue weighted by molar-refractivity contribution is 5.91. The van der Waals surface area contributed by atoms with Crippen LogP contribution in [0.3, 0.4) is 0 Å². The van der Waals surface area contributed by atoms with Crippen LogP contribution in [0, 0.1) is 0 Å². The molecule has 0 bridgehead atoms. The first-order chi connectivity index (χ1) is 15.1. The highest BCUT2D eigenvalue weighted by Crippen LogP contribution is 2.39. The third-order valence-corrected chi connectivity index (χ3v) is 5.14. The molecule has 1 amide bonds. The van der Waals surface area contributed by atoms with E-state index in [0.29, 0.717) is 12.5 Å². The molecule has 3 aliphatic heterocycles. The quantitative estimate of drug-likeness (QED) is 0.654. The Morgan fingerprint density at radius 2 is 1.97 bits per heavy atom. The number of hydrogen-bond donors (Lipinski definition) is 3. The molecule has 32 heavy (non-hydrogen) atoms. The fourth-order valence-corrected chi connectivity index (χ4v) is 3.62. The summed E-state index contributed by atoms with van der Waals surface area (Å²) in [6, 6.07) is 9.10. The Balaban J connectivity index is 0.000000360. The van der Waals surface area contributed by atoms with E-state index in [0.717, 1.165) is 36.3 Å². The van der Waals surface area contributed by atoms with Gasteiger partial charge in [-0.3, -0.25) is 9.79 Å². The number of rotatable bonds is 4. The van der Waals surface area contributed by atoms with Crippen molar-refractivity contribution in [3.05, 3.63) is 52.9 Å². The Kier molecular flexibility index (Phi) is 7.02. The molecule has 0 aliphatic carbocycles. The lowest BCUT2D eigenvalue weighted by Crippen LogP contribution is -2.42. The summed E-state index contributed by atoms with van der Waals surface area (Å²) in [5, 5.41) is 13.7. The lowest BCUT2D eigenvalue weighted by molar-refractivity contribution is -0.192. The first kappa shape index (κ1) is 23.5. The Morgan fingerprint density at radius 1 is 1.31 bits per heavy atom. The van der Waals surface area contributed by atoms with Crippen molar-refractivity contribution >= 4 is 23.8 Å². The standard InChI is InChI=1S/C20H24N4O.C2HF3O2/c1-13(2)21-11-14-3-5-15(6-4-14)20-17-8-9-18-23-19(25)10-7-16(12-22-20)24(17)18;3-2(4,5)1(6)7/h3-7,12-13,18,21H,8-11H2,1-2H3,(H,23,25);(H,6,7). The Bertz CT molecular complexity index is 966. The molecule has 0 spiro atoms. The average molecular weight is 450 g/mol. The molecule has 1 atom stereocenters. The van der Waals surface area contributed by atoms with E-state index < -0.39 is 12.1 Å². The van der Waals surface area contributed by atoms with Gasteiger partial charge in [-0.25, -0.2) is 4.79 Å². The highest BCUT2D eigenvalue weighted by atomic mass is 19.4. The van der Waals surface area contributed by atoms with Crippen LogP contribution in [0.15, 0.2) is 46.7 Å². The lowest BCUT2D eigenvalue weighted by Gasteiger charge is -2.30. The smallest absolute Gasteiger partial charge is 0.475 e. The van der Waals surface area contributed by atoms with Gasteiger partial charge in [-0.15, -0.1) is 0 Å². The molecule has 3 heterocycles. The molecule has 172 valence electrons. The summed E-state index contributed by atoms with van der Waals surface area (Å²) < 4.78 is 31.7. The first-order valence-corrected chi connectivity index (χ1v) is 10.2. The van der Waals surface area contributed by atoms with Gasteiger partial charge in [-0.1, -0.05) is 38.1 Å². The third-order valence-electron chi connectivity index (χ3n) is 5.14. The van der Waals surface area contributed by atoms with Gasteiger partial charge in [-0.2, -0.15) is 13.2 Å². The first-order valence-electron chi connectivity index (χ1n) is 10.2. The van der Waals surface area contributed by atoms with Crippen LogP contribution in [0.1, 0.15) is 44.2 Å². The number of carboxylic acids is 1. The second-order valence-corrected chi connectivity index (χ2v) is 7.91. The zero-order valence-corrected chi connectivity index (χ0v) is 17.7. The third kappa shape index (κ3) is 5.56. The van der Waals surface area contributed by atoms with Gasteiger partial charge in [0.2, 0.25) is 5.91 Å². The summed E-state index contributed by atoms with van der Waals surface area (Å²) in [7, 11) is 0. The van der Waals surface area contributed by atoms with E-state index in [1.165, 1.54) is 11.3 Å². The number of benzene rings is 1. The molecule has 1 unspecified atom stereocenters. The lowest BCUT2D eigenvalue weighted by atomic mass is 10.1. The summed E-state index contributed by atoms with van der Waals surface area (Å²) >= 11 is 0. The zero-order valence-electron chi connectivity index (χ0n) is 17.7. The fourth-order valence-electron chi connectivity index (χ4n) is 3.62. The van der Waals surface area contributed by atoms with Crippen LogP contribution in [0.5, 0.6) is 0 Å². The van der Waals surface area contributed by atoms with Crippen molar-refractivity contribution in [2.75, 3.05) is 0 Å². The van der Waals surface area contributed by atoms with E-state index in [-0.39, 0.29) is 12.1 Å². The molecule has 4 rings (SSSR count). The normalized spacial score (nSPS) is 19.7. The Morgan fingerprint density at radius 3 is 2.56 bits per heavy atom. The van der Waals surface area contributed by atoms with Crippen LogP contribution in [0.4, 0.5) is 13.2 Å². The van der Waals surface area contributed by atoms with Crippen molar-refractivity contribution in [3.8, 4) is 0 Å². The number of carbonyl (C=O) groups excluding carboxylic acids is 1. The minimum atomic E-state index is -5.08. The largest absolute Gasteiger partial charge is 0.490 e. The van der Waals surface area contributed by atoms with Gasteiger partial charge >= 0.3 is 12.1 Å². The Hall–Kier alpha value is -3.14. The maximum atomic E-state index is 11.9. The number of amides is 1. The zero-order chi connectivity index (χ0) is 23.5. The maximum absolute atomic E-state index is 11.9. The van der Waals surface area contributed by atoms with Crippen LogP contribution < -0.4 is 10.6 Å². The number of nitrogens with one attached hydrogen (secondary N) is 2. The molecule has 0 aromatic heterocycles. The highest BCUT2D eigenvalue weighted by Gasteiger charge is 2.38. The second kappa shape index (κ2) is 9.56. The average Bonchev–Trinajstić information content (AvgIpc) is 3.06. The van der Waals surface area contributed by atoms with Crippen molar-refractivity contribution in [2.24, 2.45) is 4.99 Å². The van der Waals surface area contributed by atoms with Crippen molar-refractivity contribution in [1.29, 1.82) is 0 Å². The summed E-state index contributed by atoms with van der Waals surface area (Å²) in [5.41, 5.74) is 5.69. The number of allylic oxidation sites excluding steroid dienone is 2. The number of hydrogen-bond acceptors (Lipinski definition) is 5. The van der Waals surface area contributed by atoms with Crippen molar-refractivity contribution in [3.63, 3.8) is 0 Å². The van der Waals surface area contributed by atoms with Crippen molar-refractivity contribution in [1.82, 2.24) is 15.5 Å². The Labute approximate surface area is 183 Å². The number of aliphatic imine (C=N–C) groups is 1. The van der Waals surface area contributed by atoms with Gasteiger partial charge in [0.1, 0.15) is 6.17 Å². The predicted octanol–water partition coefficient (Wildman–Crippen LogP) is 3.40. The summed E-state index contributed by atoms with van der Waals surface area (Å²) in [4.78, 5) is 27.7. The van der Waals surface area contributed by atoms with Crippen LogP contribution in [0.25, 0.3) is 5.70 Å². The molecule has 1 aromatic carbocycles. The number of halogens is 3. The number of aliphatic carboxylic acids is 1. The van der Waals surface area contributed by atoms with Gasteiger partial charge in [0.15, 0.2) is 0 Å². The number of carbonyl (C=O) groups is 2. The van der Waals surface area contributed by atoms with Crippen LogP contribution in [-0.2, 0) is 16.1 Å². The minimum absolute atomic E-state index is 0.0625. The summed E-state index contributed by atoms with van der Waals surface area (Å²) in [5.74, 6) is -2.67. The SMILES string of the molecule is CC(C)NCc1ccc(C2=C3CCC4NC(=O)CC=C(C=N2)N34)cc1.O=C(O)C(F)(F)F. The van der Waals surface area contributed by atoms with E-state index in [1.54, 1.807) is 0 Å². The van der Waals surface area contributed by atoms with Crippen LogP contribution in [0.2, 0.25) is 0 Å². The van der Waals surface area contributed by atoms with E-state index in [2.05, 4.69) is 53.6 Å². The molecule has 0 saturated carbocycles. The molecular weight excluding hydrogens is 425 g/mol. The van der Waals surface area contributed by atoms with E-state index in [9.17, 15) is 18.0 Å². The van der Waals surface area contributed by atoms with Crippen LogP contribution in [-0.4, -0.2) is 46.5 Å². The molecule has 1 fully saturated rings. The molecule has 3 N–H and O–H groups in total. The monoisotopic (exact) mass is 450 g/mol. The van der Waals surface area contributed by atoms with Crippen molar-refractivity contribution < 1.29 is 27.9 Å².